The Morgan fingerprint density at radius 1 is 0.917 bits per heavy atom. The zero-order valence-electron chi connectivity index (χ0n) is 15.0. The van der Waals surface area contributed by atoms with Crippen molar-refractivity contribution in [3.05, 3.63) is 65.4 Å². The van der Waals surface area contributed by atoms with Gasteiger partial charge in [0.1, 0.15) is 0 Å². The molecule has 0 atom stereocenters. The minimum absolute atomic E-state index is 0.175. The number of benzene rings is 2. The van der Waals surface area contributed by atoms with Crippen molar-refractivity contribution in [2.45, 2.75) is 40.0 Å². The molecule has 0 radical (unpaired) electrons. The molecule has 0 aliphatic rings. The van der Waals surface area contributed by atoms with E-state index in [1.54, 1.807) is 4.68 Å². The Balaban J connectivity index is 2.28. The number of rotatable bonds is 2. The molecule has 0 saturated carbocycles. The number of para-hydroxylation sites is 1. The largest absolute Gasteiger partial charge is 0.493 e. The van der Waals surface area contributed by atoms with E-state index in [0.29, 0.717) is 0 Å². The first-order chi connectivity index (χ1) is 11.3. The zero-order chi connectivity index (χ0) is 17.5. The molecule has 0 saturated heterocycles. The molecule has 0 spiro atoms. The van der Waals surface area contributed by atoms with Gasteiger partial charge in [-0.3, -0.25) is 0 Å². The molecule has 1 heterocycles. The number of nitrogens with zero attached hydrogens (tertiary/aromatic N) is 2. The minimum atomic E-state index is -0.175. The van der Waals surface area contributed by atoms with Gasteiger partial charge in [-0.2, -0.15) is 5.10 Å². The summed E-state index contributed by atoms with van der Waals surface area (Å²) >= 11 is 0. The lowest BCUT2D eigenvalue weighted by Crippen LogP contribution is -2.14. The third-order valence-electron chi connectivity index (χ3n) is 4.26. The van der Waals surface area contributed by atoms with Crippen LogP contribution in [-0.4, -0.2) is 14.9 Å². The second kappa shape index (κ2) is 5.82. The summed E-state index contributed by atoms with van der Waals surface area (Å²) in [5.41, 5.74) is 5.69. The lowest BCUT2D eigenvalue weighted by molar-refractivity contribution is 0.434. The van der Waals surface area contributed by atoms with Crippen LogP contribution < -0.4 is 0 Å². The van der Waals surface area contributed by atoms with E-state index in [1.807, 2.05) is 43.3 Å². The maximum Gasteiger partial charge on any atom is 0.222 e. The van der Waals surface area contributed by atoms with E-state index >= 15 is 0 Å². The molecule has 3 rings (SSSR count). The Hall–Kier alpha value is -2.55. The summed E-state index contributed by atoms with van der Waals surface area (Å²) in [6.45, 7) is 10.4. The highest BCUT2D eigenvalue weighted by Crippen LogP contribution is 2.40. The first-order valence-electron chi connectivity index (χ1n) is 8.24. The fourth-order valence-corrected chi connectivity index (χ4v) is 2.89. The van der Waals surface area contributed by atoms with Gasteiger partial charge in [-0.25, -0.2) is 4.68 Å². The van der Waals surface area contributed by atoms with Gasteiger partial charge < -0.3 is 5.11 Å². The van der Waals surface area contributed by atoms with Gasteiger partial charge >= 0.3 is 0 Å². The minimum Gasteiger partial charge on any atom is -0.493 e. The van der Waals surface area contributed by atoms with E-state index in [9.17, 15) is 5.11 Å². The molecule has 0 unspecified atom stereocenters. The molecule has 0 aliphatic heterocycles. The number of hydrogen-bond acceptors (Lipinski definition) is 2. The van der Waals surface area contributed by atoms with Crippen LogP contribution in [0.4, 0.5) is 0 Å². The van der Waals surface area contributed by atoms with Crippen molar-refractivity contribution in [2.75, 3.05) is 0 Å². The average Bonchev–Trinajstić information content (AvgIpc) is 2.86. The van der Waals surface area contributed by atoms with Crippen molar-refractivity contribution < 1.29 is 5.11 Å². The quantitative estimate of drug-likeness (QED) is 0.708. The van der Waals surface area contributed by atoms with Crippen LogP contribution in [-0.2, 0) is 5.41 Å². The molecule has 0 bridgehead atoms. The highest BCUT2D eigenvalue weighted by molar-refractivity contribution is 5.73. The topological polar surface area (TPSA) is 38.0 Å². The summed E-state index contributed by atoms with van der Waals surface area (Å²) in [5.74, 6) is 0.193. The van der Waals surface area contributed by atoms with Crippen LogP contribution in [0.25, 0.3) is 16.8 Å². The molecule has 0 amide bonds. The second-order valence-corrected chi connectivity index (χ2v) is 7.36. The first kappa shape index (κ1) is 16.3. The number of aryl methyl sites for hydroxylation is 2. The molecule has 0 fully saturated rings. The fourth-order valence-electron chi connectivity index (χ4n) is 2.89. The zero-order valence-corrected chi connectivity index (χ0v) is 15.0. The standard InChI is InChI=1S/C21H24N2O/c1-14-10-12-16(13-11-14)18-19(21(3,4)5)22-23(20(18)24)17-9-7-6-8-15(17)2/h6-13,24H,1-5H3. The summed E-state index contributed by atoms with van der Waals surface area (Å²) in [6, 6.07) is 16.2. The number of aromatic hydroxyl groups is 1. The van der Waals surface area contributed by atoms with Gasteiger partial charge in [0.25, 0.3) is 0 Å². The smallest absolute Gasteiger partial charge is 0.222 e. The maximum atomic E-state index is 11.0. The Morgan fingerprint density at radius 2 is 1.54 bits per heavy atom. The summed E-state index contributed by atoms with van der Waals surface area (Å²) in [5, 5.41) is 15.8. The molecule has 24 heavy (non-hydrogen) atoms. The van der Waals surface area contributed by atoms with Crippen LogP contribution >= 0.6 is 0 Å². The molecule has 3 nitrogen and oxygen atoms in total. The highest BCUT2D eigenvalue weighted by atomic mass is 16.3. The molecule has 124 valence electrons. The molecule has 0 aliphatic carbocycles. The Labute approximate surface area is 143 Å². The predicted molar refractivity (Wildman–Crippen MR) is 98.8 cm³/mol. The predicted octanol–water partition coefficient (Wildman–Crippen LogP) is 5.16. The average molecular weight is 320 g/mol. The van der Waals surface area contributed by atoms with E-state index < -0.39 is 0 Å². The van der Waals surface area contributed by atoms with E-state index in [-0.39, 0.29) is 11.3 Å². The van der Waals surface area contributed by atoms with E-state index in [2.05, 4.69) is 39.8 Å². The molecular formula is C21H24N2O. The van der Waals surface area contributed by atoms with Gasteiger partial charge in [0, 0.05) is 5.41 Å². The van der Waals surface area contributed by atoms with Crippen LogP contribution in [0.5, 0.6) is 5.88 Å². The second-order valence-electron chi connectivity index (χ2n) is 7.36. The van der Waals surface area contributed by atoms with E-state index in [4.69, 9.17) is 5.10 Å². The van der Waals surface area contributed by atoms with Crippen molar-refractivity contribution in [2.24, 2.45) is 0 Å². The van der Waals surface area contributed by atoms with Crippen LogP contribution in [0.1, 0.15) is 37.6 Å². The summed E-state index contributed by atoms with van der Waals surface area (Å²) < 4.78 is 1.66. The number of aromatic nitrogens is 2. The molecular weight excluding hydrogens is 296 g/mol. The third-order valence-corrected chi connectivity index (χ3v) is 4.26. The Kier molecular flexibility index (Phi) is 3.96. The third kappa shape index (κ3) is 2.82. The number of hydrogen-bond donors (Lipinski definition) is 1. The molecule has 1 aromatic heterocycles. The Morgan fingerprint density at radius 3 is 2.12 bits per heavy atom. The Bertz CT molecular complexity index is 868. The summed E-state index contributed by atoms with van der Waals surface area (Å²) in [7, 11) is 0. The fraction of sp³-hybridized carbons (Fsp3) is 0.286. The summed E-state index contributed by atoms with van der Waals surface area (Å²) in [6.07, 6.45) is 0. The SMILES string of the molecule is Cc1ccc(-c2c(C(C)(C)C)nn(-c3ccccc3C)c2O)cc1. The lowest BCUT2D eigenvalue weighted by Gasteiger charge is -2.17. The van der Waals surface area contributed by atoms with Crippen LogP contribution in [0.3, 0.4) is 0 Å². The highest BCUT2D eigenvalue weighted by Gasteiger charge is 2.28. The van der Waals surface area contributed by atoms with Gasteiger partial charge in [0.15, 0.2) is 0 Å². The van der Waals surface area contributed by atoms with Gasteiger partial charge in [-0.05, 0) is 31.0 Å². The molecule has 1 N–H and O–H groups in total. The van der Waals surface area contributed by atoms with Crippen molar-refractivity contribution >= 4 is 0 Å². The van der Waals surface area contributed by atoms with Gasteiger partial charge in [-0.15, -0.1) is 0 Å². The van der Waals surface area contributed by atoms with Crippen molar-refractivity contribution in [3.8, 4) is 22.7 Å². The van der Waals surface area contributed by atoms with Gasteiger partial charge in [0.2, 0.25) is 5.88 Å². The lowest BCUT2D eigenvalue weighted by atomic mass is 9.87. The van der Waals surface area contributed by atoms with Crippen LogP contribution in [0, 0.1) is 13.8 Å². The first-order valence-corrected chi connectivity index (χ1v) is 8.24. The van der Waals surface area contributed by atoms with Crippen LogP contribution in [0.15, 0.2) is 48.5 Å². The van der Waals surface area contributed by atoms with Crippen LogP contribution in [0.2, 0.25) is 0 Å². The van der Waals surface area contributed by atoms with Crippen molar-refractivity contribution in [3.63, 3.8) is 0 Å². The van der Waals surface area contributed by atoms with Gasteiger partial charge in [-0.1, -0.05) is 68.8 Å². The monoisotopic (exact) mass is 320 g/mol. The molecule has 3 aromatic rings. The van der Waals surface area contributed by atoms with E-state index in [1.165, 1.54) is 5.56 Å². The maximum absolute atomic E-state index is 11.0. The van der Waals surface area contributed by atoms with Crippen molar-refractivity contribution in [1.29, 1.82) is 0 Å². The van der Waals surface area contributed by atoms with E-state index in [0.717, 1.165) is 28.1 Å². The normalized spacial score (nSPS) is 11.7. The summed E-state index contributed by atoms with van der Waals surface area (Å²) in [4.78, 5) is 0. The van der Waals surface area contributed by atoms with Gasteiger partial charge in [0.05, 0.1) is 16.9 Å². The molecule has 2 aromatic carbocycles. The van der Waals surface area contributed by atoms with Crippen molar-refractivity contribution in [1.82, 2.24) is 9.78 Å². The molecule has 3 heteroatoms.